The molecule has 0 spiro atoms. The number of anilines is 1. The molecule has 0 amide bonds. The van der Waals surface area contributed by atoms with Gasteiger partial charge in [-0.25, -0.2) is 0 Å². The van der Waals surface area contributed by atoms with Crippen LogP contribution in [0, 0.1) is 0 Å². The highest BCUT2D eigenvalue weighted by Crippen LogP contribution is 2.17. The second-order valence-electron chi connectivity index (χ2n) is 4.21. The Balaban J connectivity index is 0. The molecule has 0 aliphatic heterocycles. The molecule has 0 fully saturated rings. The summed E-state index contributed by atoms with van der Waals surface area (Å²) in [5.74, 6) is 0. The van der Waals surface area contributed by atoms with Crippen LogP contribution in [0.3, 0.4) is 0 Å². The fraction of sp³-hybridized carbons (Fsp3) is 0.667. The fourth-order valence-electron chi connectivity index (χ4n) is 1.87. The normalized spacial score (nSPS) is 8.95. The average Bonchev–Trinajstić information content (AvgIpc) is 2.55. The summed E-state index contributed by atoms with van der Waals surface area (Å²) < 4.78 is 0. The van der Waals surface area contributed by atoms with Gasteiger partial charge < -0.3 is 10.6 Å². The molecule has 0 radical (unpaired) electrons. The Labute approximate surface area is 127 Å². The summed E-state index contributed by atoms with van der Waals surface area (Å²) in [5, 5.41) is 0. The maximum Gasteiger partial charge on any atom is 0.0369 e. The minimum absolute atomic E-state index is 0.627. The molecular formula is C18H36N2. The van der Waals surface area contributed by atoms with E-state index in [2.05, 4.69) is 43.0 Å². The molecule has 118 valence electrons. The summed E-state index contributed by atoms with van der Waals surface area (Å²) >= 11 is 0. The SMILES string of the molecule is CC.CC.CCCCN(CCC)c1cccc(CN)c1. The number of nitrogens with zero attached hydrogens (tertiary/aromatic N) is 1. The Morgan fingerprint density at radius 3 is 2.10 bits per heavy atom. The van der Waals surface area contributed by atoms with Crippen LogP contribution in [0.4, 0.5) is 5.69 Å². The molecule has 2 N–H and O–H groups in total. The van der Waals surface area contributed by atoms with Crippen LogP contribution in [0.5, 0.6) is 0 Å². The zero-order chi connectivity index (χ0) is 15.8. The standard InChI is InChI=1S/C14H24N2.2C2H6/c1-3-5-10-16(9-4-2)14-8-6-7-13(11-14)12-15;2*1-2/h6-8,11H,3-5,9-10,12,15H2,1-2H3;2*1-2H3. The van der Waals surface area contributed by atoms with Gasteiger partial charge in [-0.1, -0.05) is 60.1 Å². The molecule has 0 bridgehead atoms. The Hall–Kier alpha value is -1.02. The number of hydrogen-bond donors (Lipinski definition) is 1. The topological polar surface area (TPSA) is 29.3 Å². The Morgan fingerprint density at radius 2 is 1.60 bits per heavy atom. The van der Waals surface area contributed by atoms with E-state index >= 15 is 0 Å². The van der Waals surface area contributed by atoms with Gasteiger partial charge in [-0.05, 0) is 30.5 Å². The molecule has 0 aromatic heterocycles. The van der Waals surface area contributed by atoms with Gasteiger partial charge in [0.2, 0.25) is 0 Å². The number of benzene rings is 1. The van der Waals surface area contributed by atoms with Gasteiger partial charge in [-0.15, -0.1) is 0 Å². The third-order valence-corrected chi connectivity index (χ3v) is 2.79. The van der Waals surface area contributed by atoms with Crippen LogP contribution in [0.25, 0.3) is 0 Å². The summed E-state index contributed by atoms with van der Waals surface area (Å²) in [4.78, 5) is 2.46. The molecule has 0 unspecified atom stereocenters. The Kier molecular flexibility index (Phi) is 17.1. The van der Waals surface area contributed by atoms with E-state index in [0.717, 1.165) is 13.1 Å². The lowest BCUT2D eigenvalue weighted by Crippen LogP contribution is -2.25. The van der Waals surface area contributed by atoms with Crippen LogP contribution in [-0.4, -0.2) is 13.1 Å². The molecule has 2 nitrogen and oxygen atoms in total. The van der Waals surface area contributed by atoms with Gasteiger partial charge in [0.25, 0.3) is 0 Å². The lowest BCUT2D eigenvalue weighted by Gasteiger charge is -2.24. The molecule has 1 aromatic rings. The number of unbranched alkanes of at least 4 members (excludes halogenated alkanes) is 1. The summed E-state index contributed by atoms with van der Waals surface area (Å²) in [6, 6.07) is 8.59. The van der Waals surface area contributed by atoms with Gasteiger partial charge >= 0.3 is 0 Å². The van der Waals surface area contributed by atoms with Crippen molar-refractivity contribution >= 4 is 5.69 Å². The van der Waals surface area contributed by atoms with Crippen molar-refractivity contribution in [2.45, 2.75) is 67.3 Å². The van der Waals surface area contributed by atoms with E-state index in [0.29, 0.717) is 6.54 Å². The van der Waals surface area contributed by atoms with E-state index in [1.54, 1.807) is 0 Å². The summed E-state index contributed by atoms with van der Waals surface area (Å²) in [5.41, 5.74) is 8.21. The maximum absolute atomic E-state index is 5.67. The Bertz CT molecular complexity index is 297. The van der Waals surface area contributed by atoms with Crippen molar-refractivity contribution in [3.05, 3.63) is 29.8 Å². The molecule has 1 rings (SSSR count). The quantitative estimate of drug-likeness (QED) is 0.742. The predicted octanol–water partition coefficient (Wildman–Crippen LogP) is 5.21. The monoisotopic (exact) mass is 280 g/mol. The van der Waals surface area contributed by atoms with Crippen LogP contribution >= 0.6 is 0 Å². The van der Waals surface area contributed by atoms with Crippen molar-refractivity contribution < 1.29 is 0 Å². The van der Waals surface area contributed by atoms with Crippen LogP contribution in [0.1, 0.15) is 66.4 Å². The molecular weight excluding hydrogens is 244 g/mol. The molecule has 20 heavy (non-hydrogen) atoms. The highest BCUT2D eigenvalue weighted by molar-refractivity contribution is 5.48. The zero-order valence-electron chi connectivity index (χ0n) is 14.6. The highest BCUT2D eigenvalue weighted by atomic mass is 15.1. The first-order chi connectivity index (χ1) is 9.81. The summed E-state index contributed by atoms with van der Waals surface area (Å²) in [6.07, 6.45) is 3.69. The van der Waals surface area contributed by atoms with Crippen LogP contribution < -0.4 is 10.6 Å². The van der Waals surface area contributed by atoms with E-state index in [-0.39, 0.29) is 0 Å². The summed E-state index contributed by atoms with van der Waals surface area (Å²) in [7, 11) is 0. The van der Waals surface area contributed by atoms with Gasteiger partial charge in [-0.2, -0.15) is 0 Å². The highest BCUT2D eigenvalue weighted by Gasteiger charge is 2.04. The van der Waals surface area contributed by atoms with Crippen molar-refractivity contribution in [1.82, 2.24) is 0 Å². The smallest absolute Gasteiger partial charge is 0.0369 e. The van der Waals surface area contributed by atoms with E-state index in [9.17, 15) is 0 Å². The van der Waals surface area contributed by atoms with Gasteiger partial charge in [0.1, 0.15) is 0 Å². The van der Waals surface area contributed by atoms with E-state index in [1.807, 2.05) is 27.7 Å². The van der Waals surface area contributed by atoms with Gasteiger partial charge in [0.15, 0.2) is 0 Å². The lowest BCUT2D eigenvalue weighted by atomic mass is 10.1. The largest absolute Gasteiger partial charge is 0.372 e. The first-order valence-corrected chi connectivity index (χ1v) is 8.35. The molecule has 0 heterocycles. The minimum Gasteiger partial charge on any atom is -0.372 e. The Morgan fingerprint density at radius 1 is 0.950 bits per heavy atom. The van der Waals surface area contributed by atoms with E-state index < -0.39 is 0 Å². The molecule has 0 saturated heterocycles. The average molecular weight is 280 g/mol. The maximum atomic E-state index is 5.67. The first kappa shape index (κ1) is 21.3. The van der Waals surface area contributed by atoms with Gasteiger partial charge in [-0.3, -0.25) is 0 Å². The lowest BCUT2D eigenvalue weighted by molar-refractivity contribution is 0.704. The number of hydrogen-bond acceptors (Lipinski definition) is 2. The van der Waals surface area contributed by atoms with Crippen LogP contribution in [0.2, 0.25) is 0 Å². The molecule has 0 aliphatic rings. The second kappa shape index (κ2) is 16.0. The van der Waals surface area contributed by atoms with Crippen molar-refractivity contribution in [3.63, 3.8) is 0 Å². The van der Waals surface area contributed by atoms with Crippen molar-refractivity contribution in [2.24, 2.45) is 5.73 Å². The predicted molar refractivity (Wildman–Crippen MR) is 94.4 cm³/mol. The third kappa shape index (κ3) is 8.98. The molecule has 2 heteroatoms. The van der Waals surface area contributed by atoms with Crippen LogP contribution in [0.15, 0.2) is 24.3 Å². The molecule has 0 atom stereocenters. The fourth-order valence-corrected chi connectivity index (χ4v) is 1.87. The molecule has 0 saturated carbocycles. The van der Waals surface area contributed by atoms with E-state index in [1.165, 1.54) is 30.5 Å². The van der Waals surface area contributed by atoms with Crippen molar-refractivity contribution in [3.8, 4) is 0 Å². The summed E-state index contributed by atoms with van der Waals surface area (Å²) in [6.45, 7) is 15.4. The van der Waals surface area contributed by atoms with Crippen LogP contribution in [-0.2, 0) is 6.54 Å². The van der Waals surface area contributed by atoms with E-state index in [4.69, 9.17) is 5.73 Å². The number of rotatable bonds is 7. The second-order valence-corrected chi connectivity index (χ2v) is 4.21. The van der Waals surface area contributed by atoms with Crippen molar-refractivity contribution in [1.29, 1.82) is 0 Å². The molecule has 0 aliphatic carbocycles. The minimum atomic E-state index is 0.627. The zero-order valence-corrected chi connectivity index (χ0v) is 14.6. The molecule has 1 aromatic carbocycles. The first-order valence-electron chi connectivity index (χ1n) is 8.35. The number of nitrogens with two attached hydrogens (primary N) is 1. The van der Waals surface area contributed by atoms with Gasteiger partial charge in [0.05, 0.1) is 0 Å². The van der Waals surface area contributed by atoms with Crippen molar-refractivity contribution in [2.75, 3.05) is 18.0 Å². The van der Waals surface area contributed by atoms with Gasteiger partial charge in [0, 0.05) is 25.3 Å². The third-order valence-electron chi connectivity index (χ3n) is 2.79.